The predicted octanol–water partition coefficient (Wildman–Crippen LogP) is 5.80. The first-order chi connectivity index (χ1) is 18.3. The van der Waals surface area contributed by atoms with E-state index in [0.29, 0.717) is 23.5 Å². The Morgan fingerprint density at radius 3 is 2.63 bits per heavy atom. The third-order valence-electron chi connectivity index (χ3n) is 5.78. The summed E-state index contributed by atoms with van der Waals surface area (Å²) in [5.74, 6) is 0.125. The molecular weight excluding hydrogens is 497 g/mol. The number of hydrogen-bond acceptors (Lipinski definition) is 7. The molecule has 5 heterocycles. The molecule has 0 aliphatic heterocycles. The number of hydrogen-bond donors (Lipinski definition) is 2. The van der Waals surface area contributed by atoms with Gasteiger partial charge in [0.15, 0.2) is 5.82 Å². The van der Waals surface area contributed by atoms with Crippen LogP contribution in [0.15, 0.2) is 55.6 Å². The number of nitrogens with zero attached hydrogens (tertiary/aromatic N) is 5. The van der Waals surface area contributed by atoms with Crippen molar-refractivity contribution in [3.63, 3.8) is 0 Å². The minimum Gasteiger partial charge on any atom is -0.397 e. The Balaban J connectivity index is 0.00000164. The molecule has 0 aliphatic carbocycles. The molecule has 7 nitrogen and oxygen atoms in total. The number of terminal acetylenes is 1. The lowest BCUT2D eigenvalue weighted by molar-refractivity contribution is 0.402. The highest BCUT2D eigenvalue weighted by atomic mass is 32.1. The first kappa shape index (κ1) is 26.7. The Kier molecular flexibility index (Phi) is 7.96. The van der Waals surface area contributed by atoms with E-state index in [1.54, 1.807) is 29.9 Å². The Hall–Kier alpha value is -4.39. The fraction of sp³-hybridized carbons (Fsp3) is 0.172. The number of rotatable bonds is 7. The number of fused-ring (bicyclic) bond motifs is 1. The molecule has 0 saturated heterocycles. The minimum absolute atomic E-state index is 0.188. The largest absolute Gasteiger partial charge is 0.397 e. The summed E-state index contributed by atoms with van der Waals surface area (Å²) in [7, 11) is 3.94. The van der Waals surface area contributed by atoms with Crippen molar-refractivity contribution in [1.29, 1.82) is 0 Å². The lowest BCUT2D eigenvalue weighted by atomic mass is 10.0. The number of thiophene rings is 1. The zero-order chi connectivity index (χ0) is 27.4. The molecule has 5 rings (SSSR count). The summed E-state index contributed by atoms with van der Waals surface area (Å²) in [6, 6.07) is 7.82. The van der Waals surface area contributed by atoms with E-state index >= 15 is 4.39 Å². The Morgan fingerprint density at radius 1 is 1.13 bits per heavy atom. The SMILES string of the molecule is C#C.C=C(C)c1ccc(-c2nccc3[nH]c(Cc4c(N)cnc(-c5cncc(CN(C)C)c5)c4F)nc23)s1. The molecule has 192 valence electrons. The quantitative estimate of drug-likeness (QED) is 0.261. The summed E-state index contributed by atoms with van der Waals surface area (Å²) in [5, 5.41) is 0. The van der Waals surface area contributed by atoms with E-state index in [-0.39, 0.29) is 17.8 Å². The highest BCUT2D eigenvalue weighted by molar-refractivity contribution is 7.16. The van der Waals surface area contributed by atoms with E-state index in [1.807, 2.05) is 50.2 Å². The average molecular weight is 526 g/mol. The third-order valence-corrected chi connectivity index (χ3v) is 7.03. The summed E-state index contributed by atoms with van der Waals surface area (Å²) >= 11 is 1.62. The molecular formula is C29H28FN7S. The number of nitrogens with one attached hydrogen (secondary N) is 1. The molecule has 0 bridgehead atoms. The van der Waals surface area contributed by atoms with Gasteiger partial charge in [-0.2, -0.15) is 0 Å². The molecule has 9 heteroatoms. The van der Waals surface area contributed by atoms with Gasteiger partial charge in [-0.1, -0.05) is 6.58 Å². The van der Waals surface area contributed by atoms with Crippen LogP contribution in [0.2, 0.25) is 0 Å². The number of anilines is 1. The highest BCUT2D eigenvalue weighted by Crippen LogP contribution is 2.34. The van der Waals surface area contributed by atoms with Gasteiger partial charge in [-0.3, -0.25) is 15.0 Å². The van der Waals surface area contributed by atoms with Crippen molar-refractivity contribution < 1.29 is 4.39 Å². The zero-order valence-corrected chi connectivity index (χ0v) is 22.3. The van der Waals surface area contributed by atoms with Gasteiger partial charge >= 0.3 is 0 Å². The van der Waals surface area contributed by atoms with Gasteiger partial charge in [-0.15, -0.1) is 24.2 Å². The summed E-state index contributed by atoms with van der Waals surface area (Å²) in [6.07, 6.45) is 14.8. The van der Waals surface area contributed by atoms with Gasteiger partial charge in [0.1, 0.15) is 22.7 Å². The molecule has 0 fully saturated rings. The second-order valence-electron chi connectivity index (χ2n) is 9.03. The molecule has 0 atom stereocenters. The third kappa shape index (κ3) is 5.47. The zero-order valence-electron chi connectivity index (χ0n) is 21.5. The molecule has 3 N–H and O–H groups in total. The molecule has 5 aromatic rings. The molecule has 0 amide bonds. The van der Waals surface area contributed by atoms with Crippen molar-refractivity contribution in [2.24, 2.45) is 0 Å². The van der Waals surface area contributed by atoms with E-state index < -0.39 is 5.82 Å². The molecule has 0 radical (unpaired) electrons. The van der Waals surface area contributed by atoms with Crippen LogP contribution in [0.4, 0.5) is 10.1 Å². The summed E-state index contributed by atoms with van der Waals surface area (Å²) in [4.78, 5) is 25.3. The maximum absolute atomic E-state index is 15.7. The number of allylic oxidation sites excluding steroid dienone is 1. The number of aromatic nitrogens is 5. The van der Waals surface area contributed by atoms with Gasteiger partial charge < -0.3 is 15.6 Å². The normalized spacial score (nSPS) is 10.9. The summed E-state index contributed by atoms with van der Waals surface area (Å²) in [6.45, 7) is 6.69. The van der Waals surface area contributed by atoms with Crippen LogP contribution in [-0.2, 0) is 13.0 Å². The Bertz CT molecular complexity index is 1630. The van der Waals surface area contributed by atoms with E-state index in [9.17, 15) is 0 Å². The van der Waals surface area contributed by atoms with Gasteiger partial charge in [0, 0.05) is 47.6 Å². The van der Waals surface area contributed by atoms with Crippen molar-refractivity contribution in [1.82, 2.24) is 29.8 Å². The summed E-state index contributed by atoms with van der Waals surface area (Å²) in [5.41, 5.74) is 11.9. The first-order valence-electron chi connectivity index (χ1n) is 11.7. The maximum Gasteiger partial charge on any atom is 0.155 e. The van der Waals surface area contributed by atoms with Crippen molar-refractivity contribution in [3.8, 4) is 34.7 Å². The average Bonchev–Trinajstić information content (AvgIpc) is 3.55. The monoisotopic (exact) mass is 525 g/mol. The van der Waals surface area contributed by atoms with Crippen molar-refractivity contribution in [3.05, 3.63) is 83.3 Å². The van der Waals surface area contributed by atoms with Crippen LogP contribution < -0.4 is 5.73 Å². The Morgan fingerprint density at radius 2 is 1.92 bits per heavy atom. The van der Waals surface area contributed by atoms with Gasteiger partial charge in [0.05, 0.1) is 22.3 Å². The minimum atomic E-state index is -0.470. The molecule has 0 aromatic carbocycles. The van der Waals surface area contributed by atoms with E-state index in [4.69, 9.17) is 10.7 Å². The topological polar surface area (TPSA) is 96.6 Å². The number of nitrogens with two attached hydrogens (primary N) is 1. The fourth-order valence-corrected chi connectivity index (χ4v) is 5.03. The van der Waals surface area contributed by atoms with E-state index in [0.717, 1.165) is 37.6 Å². The molecule has 0 unspecified atom stereocenters. The molecule has 0 saturated carbocycles. The predicted molar refractivity (Wildman–Crippen MR) is 154 cm³/mol. The number of halogens is 1. The second kappa shape index (κ2) is 11.3. The van der Waals surface area contributed by atoms with Crippen LogP contribution in [0.3, 0.4) is 0 Å². The number of imidazole rings is 1. The van der Waals surface area contributed by atoms with Gasteiger partial charge in [-0.25, -0.2) is 9.37 Å². The fourth-order valence-electron chi connectivity index (χ4n) is 4.10. The van der Waals surface area contributed by atoms with Crippen molar-refractivity contribution >= 4 is 33.6 Å². The molecule has 38 heavy (non-hydrogen) atoms. The van der Waals surface area contributed by atoms with Crippen molar-refractivity contribution in [2.45, 2.75) is 19.9 Å². The number of aromatic amines is 1. The van der Waals surface area contributed by atoms with Gasteiger partial charge in [0.2, 0.25) is 0 Å². The standard InChI is InChI=1S/C27H26FN7S.C2H2/c1-15(2)21-5-6-22(36-21)27-26-20(7-8-31-27)33-23(34-26)10-18-19(29)13-32-25(24(18)28)17-9-16(11-30-12-17)14-35(3)4;1-2/h5-9,11-13H,1,10,14,29H2,2-4H3,(H,33,34);1-2H. The van der Waals surface area contributed by atoms with Crippen LogP contribution >= 0.6 is 11.3 Å². The number of pyridine rings is 3. The van der Waals surface area contributed by atoms with Gasteiger partial charge in [-0.05, 0) is 56.4 Å². The van der Waals surface area contributed by atoms with Crippen LogP contribution in [0.5, 0.6) is 0 Å². The lowest BCUT2D eigenvalue weighted by Gasteiger charge is -2.12. The smallest absolute Gasteiger partial charge is 0.155 e. The van der Waals surface area contributed by atoms with E-state index in [2.05, 4.69) is 39.4 Å². The first-order valence-corrected chi connectivity index (χ1v) is 12.6. The number of H-pyrrole nitrogens is 1. The van der Waals surface area contributed by atoms with Crippen LogP contribution in [0.25, 0.3) is 38.4 Å². The van der Waals surface area contributed by atoms with Crippen LogP contribution in [0.1, 0.15) is 28.8 Å². The van der Waals surface area contributed by atoms with E-state index in [1.165, 1.54) is 6.20 Å². The molecule has 5 aromatic heterocycles. The lowest BCUT2D eigenvalue weighted by Crippen LogP contribution is -2.11. The maximum atomic E-state index is 15.7. The molecule has 0 aliphatic rings. The number of nitrogen functional groups attached to an aromatic ring is 1. The van der Waals surface area contributed by atoms with Gasteiger partial charge in [0.25, 0.3) is 0 Å². The van der Waals surface area contributed by atoms with Crippen LogP contribution in [0, 0.1) is 18.7 Å². The summed E-state index contributed by atoms with van der Waals surface area (Å²) < 4.78 is 15.7. The Labute approximate surface area is 225 Å². The van der Waals surface area contributed by atoms with Crippen molar-refractivity contribution in [2.75, 3.05) is 19.8 Å². The van der Waals surface area contributed by atoms with Crippen LogP contribution in [-0.4, -0.2) is 43.9 Å². The molecule has 0 spiro atoms. The second-order valence-corrected chi connectivity index (χ2v) is 10.1. The highest BCUT2D eigenvalue weighted by Gasteiger charge is 2.19.